The first kappa shape index (κ1) is 16.3. The Hall–Kier alpha value is -1.59. The van der Waals surface area contributed by atoms with Crippen molar-refractivity contribution in [3.8, 4) is 0 Å². The van der Waals surface area contributed by atoms with Crippen LogP contribution < -0.4 is 11.1 Å². The van der Waals surface area contributed by atoms with E-state index in [0.29, 0.717) is 31.1 Å². The average Bonchev–Trinajstić information content (AvgIpc) is 3.35. The third-order valence-corrected chi connectivity index (χ3v) is 5.36. The van der Waals surface area contributed by atoms with Crippen LogP contribution in [0.1, 0.15) is 31.2 Å². The average molecular weight is 337 g/mol. The van der Waals surface area contributed by atoms with Gasteiger partial charge in [-0.15, -0.1) is 0 Å². The molecule has 1 saturated carbocycles. The van der Waals surface area contributed by atoms with Crippen molar-refractivity contribution >= 4 is 23.4 Å². The largest absolute Gasteiger partial charge is 0.381 e. The van der Waals surface area contributed by atoms with Crippen LogP contribution in [0, 0.1) is 5.41 Å². The van der Waals surface area contributed by atoms with Gasteiger partial charge in [-0.25, -0.2) is 0 Å². The Morgan fingerprint density at radius 2 is 1.91 bits per heavy atom. The molecule has 23 heavy (non-hydrogen) atoms. The standard InChI is InChI=1S/C17H21ClN2O3/c18-13-3-1-2-12(10-13)17(4-5-17)15(22)20-11-16(14(19)21)6-8-23-9-7-16/h1-3,10H,4-9,11H2,(H2,19,21)(H,20,22). The molecule has 3 rings (SSSR count). The van der Waals surface area contributed by atoms with Gasteiger partial charge in [0, 0.05) is 24.8 Å². The second kappa shape index (κ2) is 6.13. The summed E-state index contributed by atoms with van der Waals surface area (Å²) in [6, 6.07) is 7.42. The molecule has 124 valence electrons. The van der Waals surface area contributed by atoms with Crippen molar-refractivity contribution in [3.63, 3.8) is 0 Å². The number of amides is 2. The quantitative estimate of drug-likeness (QED) is 0.859. The summed E-state index contributed by atoms with van der Waals surface area (Å²) in [4.78, 5) is 24.6. The predicted molar refractivity (Wildman–Crippen MR) is 87.1 cm³/mol. The number of benzene rings is 1. The fourth-order valence-electron chi connectivity index (χ4n) is 3.25. The smallest absolute Gasteiger partial charge is 0.230 e. The number of carbonyl (C=O) groups excluding carboxylic acids is 2. The van der Waals surface area contributed by atoms with Crippen LogP contribution in [0.2, 0.25) is 5.02 Å². The van der Waals surface area contributed by atoms with Crippen LogP contribution in [0.5, 0.6) is 0 Å². The van der Waals surface area contributed by atoms with Crippen molar-refractivity contribution in [1.82, 2.24) is 5.32 Å². The zero-order valence-electron chi connectivity index (χ0n) is 12.9. The van der Waals surface area contributed by atoms with E-state index in [2.05, 4.69) is 5.32 Å². The van der Waals surface area contributed by atoms with Gasteiger partial charge in [0.25, 0.3) is 0 Å². The maximum Gasteiger partial charge on any atom is 0.230 e. The molecule has 1 aromatic carbocycles. The number of ether oxygens (including phenoxy) is 1. The second-order valence-corrected chi connectivity index (χ2v) is 6.97. The van der Waals surface area contributed by atoms with Crippen molar-refractivity contribution < 1.29 is 14.3 Å². The fraction of sp³-hybridized carbons (Fsp3) is 0.529. The molecular formula is C17H21ClN2O3. The summed E-state index contributed by atoms with van der Waals surface area (Å²) in [7, 11) is 0. The summed E-state index contributed by atoms with van der Waals surface area (Å²) in [5, 5.41) is 3.58. The highest BCUT2D eigenvalue weighted by molar-refractivity contribution is 6.30. The lowest BCUT2D eigenvalue weighted by Crippen LogP contribution is -2.51. The number of nitrogens with two attached hydrogens (primary N) is 1. The van der Waals surface area contributed by atoms with Crippen molar-refractivity contribution in [3.05, 3.63) is 34.9 Å². The first-order chi connectivity index (χ1) is 11.0. The Kier molecular flexibility index (Phi) is 4.34. The van der Waals surface area contributed by atoms with Gasteiger partial charge in [-0.05, 0) is 43.4 Å². The number of carbonyl (C=O) groups is 2. The minimum absolute atomic E-state index is 0.0492. The maximum atomic E-state index is 12.7. The minimum atomic E-state index is -0.696. The lowest BCUT2D eigenvalue weighted by atomic mass is 9.79. The molecule has 1 saturated heterocycles. The Labute approximate surface area is 140 Å². The fourth-order valence-corrected chi connectivity index (χ4v) is 3.44. The molecule has 6 heteroatoms. The molecule has 0 radical (unpaired) electrons. The second-order valence-electron chi connectivity index (χ2n) is 6.53. The van der Waals surface area contributed by atoms with E-state index >= 15 is 0 Å². The summed E-state index contributed by atoms with van der Waals surface area (Å²) >= 11 is 6.04. The van der Waals surface area contributed by atoms with E-state index in [9.17, 15) is 9.59 Å². The molecule has 0 aromatic heterocycles. The van der Waals surface area contributed by atoms with Gasteiger partial charge in [-0.3, -0.25) is 9.59 Å². The highest BCUT2D eigenvalue weighted by atomic mass is 35.5. The van der Waals surface area contributed by atoms with Crippen LogP contribution in [-0.4, -0.2) is 31.6 Å². The molecule has 3 N–H and O–H groups in total. The zero-order valence-corrected chi connectivity index (χ0v) is 13.7. The van der Waals surface area contributed by atoms with E-state index in [1.54, 1.807) is 6.07 Å². The monoisotopic (exact) mass is 336 g/mol. The van der Waals surface area contributed by atoms with E-state index in [-0.39, 0.29) is 18.4 Å². The van der Waals surface area contributed by atoms with Gasteiger partial charge in [0.15, 0.2) is 0 Å². The van der Waals surface area contributed by atoms with Gasteiger partial charge in [-0.2, -0.15) is 0 Å². The molecule has 1 aliphatic heterocycles. The number of primary amides is 1. The van der Waals surface area contributed by atoms with Crippen molar-refractivity contribution in [2.45, 2.75) is 31.1 Å². The van der Waals surface area contributed by atoms with Crippen LogP contribution in [0.25, 0.3) is 0 Å². The number of hydrogen-bond acceptors (Lipinski definition) is 3. The summed E-state index contributed by atoms with van der Waals surface area (Å²) in [6.07, 6.45) is 2.69. The van der Waals surface area contributed by atoms with Crippen molar-refractivity contribution in [1.29, 1.82) is 0 Å². The molecule has 0 spiro atoms. The SMILES string of the molecule is NC(=O)C1(CNC(=O)C2(c3cccc(Cl)c3)CC2)CCOCC1. The van der Waals surface area contributed by atoms with Gasteiger partial charge in [-0.1, -0.05) is 23.7 Å². The van der Waals surface area contributed by atoms with Gasteiger partial charge < -0.3 is 15.8 Å². The van der Waals surface area contributed by atoms with Crippen LogP contribution >= 0.6 is 11.6 Å². The lowest BCUT2D eigenvalue weighted by molar-refractivity contribution is -0.134. The first-order valence-electron chi connectivity index (χ1n) is 7.91. The normalized spacial score (nSPS) is 21.4. The maximum absolute atomic E-state index is 12.7. The van der Waals surface area contributed by atoms with E-state index in [4.69, 9.17) is 22.1 Å². The Balaban J connectivity index is 1.70. The predicted octanol–water partition coefficient (Wildman–Crippen LogP) is 1.77. The van der Waals surface area contributed by atoms with Crippen LogP contribution in [-0.2, 0) is 19.7 Å². The molecule has 2 fully saturated rings. The molecule has 2 aliphatic rings. The van der Waals surface area contributed by atoms with Crippen molar-refractivity contribution in [2.24, 2.45) is 11.1 Å². The summed E-state index contributed by atoms with van der Waals surface area (Å²) in [5.74, 6) is -0.416. The highest BCUT2D eigenvalue weighted by Crippen LogP contribution is 2.49. The molecule has 2 amide bonds. The zero-order chi connectivity index (χ0) is 16.5. The minimum Gasteiger partial charge on any atom is -0.381 e. The highest BCUT2D eigenvalue weighted by Gasteiger charge is 2.52. The van der Waals surface area contributed by atoms with Crippen LogP contribution in [0.3, 0.4) is 0 Å². The number of nitrogens with one attached hydrogen (secondary N) is 1. The Morgan fingerprint density at radius 3 is 2.48 bits per heavy atom. The molecular weight excluding hydrogens is 316 g/mol. The Bertz CT molecular complexity index is 622. The molecule has 0 bridgehead atoms. The first-order valence-corrected chi connectivity index (χ1v) is 8.28. The van der Waals surface area contributed by atoms with Gasteiger partial charge in [0.2, 0.25) is 11.8 Å². The third kappa shape index (κ3) is 3.08. The summed E-state index contributed by atoms with van der Waals surface area (Å²) in [5.41, 5.74) is 5.31. The van der Waals surface area contributed by atoms with E-state index in [1.165, 1.54) is 0 Å². The molecule has 0 atom stereocenters. The topological polar surface area (TPSA) is 81.4 Å². The molecule has 1 heterocycles. The summed E-state index contributed by atoms with van der Waals surface area (Å²) < 4.78 is 5.31. The van der Waals surface area contributed by atoms with Gasteiger partial charge >= 0.3 is 0 Å². The van der Waals surface area contributed by atoms with Crippen LogP contribution in [0.15, 0.2) is 24.3 Å². The third-order valence-electron chi connectivity index (χ3n) is 5.12. The molecule has 1 aliphatic carbocycles. The Morgan fingerprint density at radius 1 is 1.22 bits per heavy atom. The number of rotatable bonds is 5. The van der Waals surface area contributed by atoms with Crippen LogP contribution in [0.4, 0.5) is 0 Å². The van der Waals surface area contributed by atoms with Gasteiger partial charge in [0.1, 0.15) is 0 Å². The molecule has 1 aromatic rings. The van der Waals surface area contributed by atoms with E-state index in [0.717, 1.165) is 18.4 Å². The van der Waals surface area contributed by atoms with Gasteiger partial charge in [0.05, 0.1) is 10.8 Å². The molecule has 5 nitrogen and oxygen atoms in total. The lowest BCUT2D eigenvalue weighted by Gasteiger charge is -2.34. The molecule has 0 unspecified atom stereocenters. The summed E-state index contributed by atoms with van der Waals surface area (Å²) in [6.45, 7) is 1.27. The van der Waals surface area contributed by atoms with Crippen molar-refractivity contribution in [2.75, 3.05) is 19.8 Å². The van der Waals surface area contributed by atoms with E-state index in [1.807, 2.05) is 18.2 Å². The van der Waals surface area contributed by atoms with E-state index < -0.39 is 10.8 Å². The number of hydrogen-bond donors (Lipinski definition) is 2. The number of halogens is 1.